The molecule has 5 nitrogen and oxygen atoms in total. The molecule has 1 unspecified atom stereocenters. The summed E-state index contributed by atoms with van der Waals surface area (Å²) in [6.07, 6.45) is 0. The fraction of sp³-hybridized carbons (Fsp3) is 0.800. The average molecular weight is 176 g/mol. The van der Waals surface area contributed by atoms with E-state index in [2.05, 4.69) is 5.29 Å². The molecule has 0 saturated carbocycles. The molecule has 0 bridgehead atoms. The summed E-state index contributed by atoms with van der Waals surface area (Å²) in [7, 11) is 0. The molecule has 1 atom stereocenters. The highest BCUT2D eigenvalue weighted by Gasteiger charge is 2.28. The van der Waals surface area contributed by atoms with Crippen LogP contribution in [0.25, 0.3) is 0 Å². The second-order valence-corrected chi connectivity index (χ2v) is 3.32. The molecule has 1 aliphatic heterocycles. The Kier molecular flexibility index (Phi) is 2.70. The molecule has 1 aliphatic rings. The zero-order valence-electron chi connectivity index (χ0n) is 5.77. The largest absolute Gasteiger partial charge is 0.480 e. The zero-order chi connectivity index (χ0) is 8.27. The molecule has 6 heteroatoms. The van der Waals surface area contributed by atoms with E-state index in [9.17, 15) is 9.70 Å². The van der Waals surface area contributed by atoms with Crippen LogP contribution >= 0.6 is 11.8 Å². The van der Waals surface area contributed by atoms with Gasteiger partial charge in [0.2, 0.25) is 0 Å². The molecule has 1 N–H and O–H groups in total. The highest BCUT2D eigenvalue weighted by molar-refractivity contribution is 7.99. The van der Waals surface area contributed by atoms with Crippen LogP contribution in [0.15, 0.2) is 5.29 Å². The zero-order valence-corrected chi connectivity index (χ0v) is 6.58. The Bertz CT molecular complexity index is 175. The highest BCUT2D eigenvalue weighted by Crippen LogP contribution is 2.16. The molecule has 0 amide bonds. The molecular weight excluding hydrogens is 168 g/mol. The number of carboxylic acid groups (broad SMARTS) is 1. The Hall–Kier alpha value is -0.780. The predicted molar refractivity (Wildman–Crippen MR) is 41.2 cm³/mol. The van der Waals surface area contributed by atoms with Gasteiger partial charge in [0.05, 0.1) is 5.29 Å². The van der Waals surface area contributed by atoms with Gasteiger partial charge in [-0.15, -0.1) is 4.91 Å². The van der Waals surface area contributed by atoms with E-state index in [-0.39, 0.29) is 0 Å². The third kappa shape index (κ3) is 1.83. The Morgan fingerprint density at radius 2 is 2.45 bits per heavy atom. The van der Waals surface area contributed by atoms with Crippen LogP contribution in [0.1, 0.15) is 0 Å². The summed E-state index contributed by atoms with van der Waals surface area (Å²) in [6.45, 7) is 0.436. The van der Waals surface area contributed by atoms with Crippen LogP contribution in [0.3, 0.4) is 0 Å². The number of nitrogens with zero attached hydrogens (tertiary/aromatic N) is 2. The van der Waals surface area contributed by atoms with Crippen molar-refractivity contribution in [3.63, 3.8) is 0 Å². The van der Waals surface area contributed by atoms with Gasteiger partial charge >= 0.3 is 5.97 Å². The van der Waals surface area contributed by atoms with E-state index in [1.54, 1.807) is 0 Å². The summed E-state index contributed by atoms with van der Waals surface area (Å²) in [4.78, 5) is 20.5. The lowest BCUT2D eigenvalue weighted by Crippen LogP contribution is -2.43. The Morgan fingerprint density at radius 3 is 2.91 bits per heavy atom. The van der Waals surface area contributed by atoms with E-state index in [0.717, 1.165) is 10.8 Å². The smallest absolute Gasteiger partial charge is 0.329 e. The van der Waals surface area contributed by atoms with Gasteiger partial charge in [0, 0.05) is 18.1 Å². The maximum Gasteiger partial charge on any atom is 0.329 e. The van der Waals surface area contributed by atoms with Crippen molar-refractivity contribution in [3.8, 4) is 0 Å². The van der Waals surface area contributed by atoms with E-state index in [1.807, 2.05) is 0 Å². The first-order valence-electron chi connectivity index (χ1n) is 3.16. The van der Waals surface area contributed by atoms with Gasteiger partial charge in [-0.25, -0.2) is 9.80 Å². The molecule has 1 rings (SSSR count). The first-order chi connectivity index (χ1) is 5.25. The lowest BCUT2D eigenvalue weighted by molar-refractivity contribution is -0.142. The van der Waals surface area contributed by atoms with Crippen LogP contribution in [-0.4, -0.2) is 40.2 Å². The van der Waals surface area contributed by atoms with Crippen molar-refractivity contribution in [1.82, 2.24) is 5.01 Å². The summed E-state index contributed by atoms with van der Waals surface area (Å²) in [6, 6.07) is -0.730. The molecule has 62 valence electrons. The second-order valence-electron chi connectivity index (χ2n) is 2.17. The van der Waals surface area contributed by atoms with Crippen LogP contribution in [0.5, 0.6) is 0 Å². The van der Waals surface area contributed by atoms with Crippen LogP contribution in [0.2, 0.25) is 0 Å². The van der Waals surface area contributed by atoms with Crippen molar-refractivity contribution in [1.29, 1.82) is 0 Å². The molecule has 0 spiro atoms. The SMILES string of the molecule is O=NN1CCSCC1C(=O)O. The van der Waals surface area contributed by atoms with Crippen molar-refractivity contribution < 1.29 is 9.90 Å². The molecule has 11 heavy (non-hydrogen) atoms. The fourth-order valence-electron chi connectivity index (χ4n) is 0.891. The monoisotopic (exact) mass is 176 g/mol. The van der Waals surface area contributed by atoms with Gasteiger partial charge in [0.25, 0.3) is 0 Å². The molecule has 0 aromatic rings. The minimum absolute atomic E-state index is 0.436. The number of aliphatic carboxylic acids is 1. The molecule has 1 heterocycles. The quantitative estimate of drug-likeness (QED) is 0.607. The normalized spacial score (nSPS) is 24.7. The number of rotatable bonds is 2. The number of hydrogen-bond acceptors (Lipinski definition) is 4. The van der Waals surface area contributed by atoms with Crippen LogP contribution in [-0.2, 0) is 4.79 Å². The topological polar surface area (TPSA) is 70.0 Å². The van der Waals surface area contributed by atoms with Gasteiger partial charge in [0.15, 0.2) is 6.04 Å². The summed E-state index contributed by atoms with van der Waals surface area (Å²) >= 11 is 1.53. The lowest BCUT2D eigenvalue weighted by Gasteiger charge is -2.26. The van der Waals surface area contributed by atoms with Gasteiger partial charge in [-0.3, -0.25) is 0 Å². The fourth-order valence-corrected chi connectivity index (χ4v) is 1.91. The number of carbonyl (C=O) groups is 1. The third-order valence-corrected chi connectivity index (χ3v) is 2.51. The van der Waals surface area contributed by atoms with E-state index < -0.39 is 12.0 Å². The van der Waals surface area contributed by atoms with Crippen LogP contribution in [0.4, 0.5) is 0 Å². The first kappa shape index (κ1) is 8.32. The molecule has 0 aliphatic carbocycles. The van der Waals surface area contributed by atoms with Crippen molar-refractivity contribution in [2.24, 2.45) is 5.29 Å². The minimum Gasteiger partial charge on any atom is -0.480 e. The van der Waals surface area contributed by atoms with Crippen LogP contribution in [0, 0.1) is 4.91 Å². The maximum absolute atomic E-state index is 10.5. The molecule has 0 aromatic heterocycles. The maximum atomic E-state index is 10.5. The number of hydrogen-bond donors (Lipinski definition) is 1. The van der Waals surface area contributed by atoms with E-state index in [4.69, 9.17) is 5.11 Å². The minimum atomic E-state index is -0.975. The molecule has 1 fully saturated rings. The molecule has 0 radical (unpaired) electrons. The molecular formula is C5H8N2O3S. The van der Waals surface area contributed by atoms with Crippen molar-refractivity contribution in [3.05, 3.63) is 4.91 Å². The van der Waals surface area contributed by atoms with Crippen molar-refractivity contribution in [2.45, 2.75) is 6.04 Å². The summed E-state index contributed by atoms with van der Waals surface area (Å²) < 4.78 is 0. The van der Waals surface area contributed by atoms with Gasteiger partial charge in [-0.2, -0.15) is 11.8 Å². The van der Waals surface area contributed by atoms with Crippen molar-refractivity contribution in [2.75, 3.05) is 18.1 Å². The van der Waals surface area contributed by atoms with E-state index in [1.165, 1.54) is 11.8 Å². The van der Waals surface area contributed by atoms with Gasteiger partial charge in [-0.1, -0.05) is 0 Å². The molecule has 1 saturated heterocycles. The summed E-state index contributed by atoms with van der Waals surface area (Å²) in [5, 5.41) is 12.3. The van der Waals surface area contributed by atoms with Crippen LogP contribution < -0.4 is 0 Å². The third-order valence-electron chi connectivity index (χ3n) is 1.49. The number of carboxylic acids is 1. The predicted octanol–water partition coefficient (Wildman–Crippen LogP) is 0.170. The molecule has 0 aromatic carbocycles. The van der Waals surface area contributed by atoms with Gasteiger partial charge in [0.1, 0.15) is 0 Å². The Labute approximate surface area is 67.7 Å². The highest BCUT2D eigenvalue weighted by atomic mass is 32.2. The Balaban J connectivity index is 2.58. The number of nitroso groups, excluding NO2 is 1. The van der Waals surface area contributed by atoms with E-state index in [0.29, 0.717) is 12.3 Å². The van der Waals surface area contributed by atoms with Gasteiger partial charge in [-0.05, 0) is 0 Å². The van der Waals surface area contributed by atoms with E-state index >= 15 is 0 Å². The second kappa shape index (κ2) is 3.56. The van der Waals surface area contributed by atoms with Gasteiger partial charge < -0.3 is 5.11 Å². The standard InChI is InChI=1S/C5H8N2O3S/c8-5(9)4-3-11-2-1-7(4)6-10/h4H,1-3H2,(H,8,9). The number of thioether (sulfide) groups is 1. The average Bonchev–Trinajstić information content (AvgIpc) is 2.04. The Morgan fingerprint density at radius 1 is 1.73 bits per heavy atom. The lowest BCUT2D eigenvalue weighted by atomic mass is 10.3. The van der Waals surface area contributed by atoms with Crippen molar-refractivity contribution >= 4 is 17.7 Å². The first-order valence-corrected chi connectivity index (χ1v) is 4.31. The summed E-state index contributed by atoms with van der Waals surface area (Å²) in [5.74, 6) is 0.244. The summed E-state index contributed by atoms with van der Waals surface area (Å²) in [5.41, 5.74) is 0.